The second-order valence-electron chi connectivity index (χ2n) is 7.91. The normalized spacial score (nSPS) is 28.1. The van der Waals surface area contributed by atoms with Crippen molar-refractivity contribution in [1.82, 2.24) is 0 Å². The number of anilines is 1. The molecule has 126 valence electrons. The molecule has 0 amide bonds. The molecule has 1 heteroatoms. The van der Waals surface area contributed by atoms with E-state index in [2.05, 4.69) is 75.9 Å². The van der Waals surface area contributed by atoms with Crippen LogP contribution in [0.15, 0.2) is 36.4 Å². The lowest BCUT2D eigenvalue weighted by Gasteiger charge is -2.27. The molecule has 0 unspecified atom stereocenters. The Morgan fingerprint density at radius 1 is 0.917 bits per heavy atom. The average Bonchev–Trinajstić information content (AvgIpc) is 3.02. The molecule has 1 aliphatic heterocycles. The van der Waals surface area contributed by atoms with Gasteiger partial charge in [0, 0.05) is 29.8 Å². The molecule has 2 aromatic carbocycles. The minimum Gasteiger partial charge on any atom is -0.368 e. The summed E-state index contributed by atoms with van der Waals surface area (Å²) in [5.74, 6) is 2.00. The fourth-order valence-electron chi connectivity index (χ4n) is 5.02. The van der Waals surface area contributed by atoms with Crippen molar-refractivity contribution in [1.29, 1.82) is 0 Å². The van der Waals surface area contributed by atoms with Crippen molar-refractivity contribution in [2.45, 2.75) is 58.9 Å². The molecule has 1 aliphatic carbocycles. The summed E-state index contributed by atoms with van der Waals surface area (Å²) < 4.78 is 0. The maximum Gasteiger partial charge on any atom is 0.0484 e. The first-order valence-electron chi connectivity index (χ1n) is 9.56. The van der Waals surface area contributed by atoms with Gasteiger partial charge in [-0.05, 0) is 54.4 Å². The number of likely N-dealkylation sites (N-methyl/N-ethyl adjacent to an activating group) is 1. The number of nitrogens with zero attached hydrogens (tertiary/aromatic N) is 1. The van der Waals surface area contributed by atoms with Crippen LogP contribution in [0.4, 0.5) is 5.69 Å². The van der Waals surface area contributed by atoms with Crippen LogP contribution in [0.1, 0.15) is 63.1 Å². The summed E-state index contributed by atoms with van der Waals surface area (Å²) in [4.78, 5) is 2.61. The van der Waals surface area contributed by atoms with Crippen molar-refractivity contribution < 1.29 is 0 Å². The summed E-state index contributed by atoms with van der Waals surface area (Å²) in [6, 6.07) is 14.5. The molecule has 0 saturated carbocycles. The fourth-order valence-corrected chi connectivity index (χ4v) is 5.02. The van der Waals surface area contributed by atoms with Crippen LogP contribution in [0.3, 0.4) is 0 Å². The molecule has 0 aromatic heterocycles. The molecule has 0 bridgehead atoms. The molecular weight excluding hydrogens is 290 g/mol. The molecule has 0 radical (unpaired) electrons. The van der Waals surface area contributed by atoms with E-state index in [9.17, 15) is 0 Å². The van der Waals surface area contributed by atoms with Crippen molar-refractivity contribution in [2.24, 2.45) is 5.92 Å². The summed E-state index contributed by atoms with van der Waals surface area (Å²) in [5.41, 5.74) is 9.09. The van der Waals surface area contributed by atoms with Crippen LogP contribution in [0.2, 0.25) is 0 Å². The number of fused-ring (bicyclic) bond motifs is 2. The van der Waals surface area contributed by atoms with E-state index >= 15 is 0 Å². The summed E-state index contributed by atoms with van der Waals surface area (Å²) in [6.45, 7) is 12.9. The first kappa shape index (κ1) is 15.7. The topological polar surface area (TPSA) is 3.24 Å². The predicted molar refractivity (Wildman–Crippen MR) is 104 cm³/mol. The summed E-state index contributed by atoms with van der Waals surface area (Å²) in [5, 5.41) is 0. The number of benzene rings is 2. The van der Waals surface area contributed by atoms with Gasteiger partial charge in [-0.25, -0.2) is 0 Å². The third-order valence-corrected chi connectivity index (χ3v) is 6.74. The van der Waals surface area contributed by atoms with Gasteiger partial charge in [0.1, 0.15) is 0 Å². The Hall–Kier alpha value is -1.76. The first-order valence-corrected chi connectivity index (χ1v) is 9.56. The van der Waals surface area contributed by atoms with Gasteiger partial charge >= 0.3 is 0 Å². The Kier molecular flexibility index (Phi) is 3.71. The Balaban J connectivity index is 1.95. The molecule has 1 heterocycles. The fraction of sp³-hybridized carbons (Fsp3) is 0.478. The molecule has 0 spiro atoms. The van der Waals surface area contributed by atoms with E-state index in [4.69, 9.17) is 0 Å². The van der Waals surface area contributed by atoms with Gasteiger partial charge in [0.15, 0.2) is 0 Å². The van der Waals surface area contributed by atoms with Gasteiger partial charge in [-0.2, -0.15) is 0 Å². The smallest absolute Gasteiger partial charge is 0.0484 e. The number of para-hydroxylation sites is 1. The molecule has 2 aromatic rings. The van der Waals surface area contributed by atoms with Crippen molar-refractivity contribution in [3.8, 4) is 11.1 Å². The van der Waals surface area contributed by atoms with E-state index in [0.717, 1.165) is 12.5 Å². The summed E-state index contributed by atoms with van der Waals surface area (Å²) >= 11 is 0. The number of hydrogen-bond donors (Lipinski definition) is 0. The van der Waals surface area contributed by atoms with E-state index in [-0.39, 0.29) is 0 Å². The Morgan fingerprint density at radius 2 is 1.62 bits per heavy atom. The standard InChI is InChI=1S/C23H29N/c1-6-24-17(5)16(4)19-10-8-12-21(23(19)24)20-11-7-9-18-13-14(2)15(3)22(18)20/h7-12,14-17H,6,13H2,1-5H3/t14-,15-,16+,17-/m0/s1. The second kappa shape index (κ2) is 5.65. The lowest BCUT2D eigenvalue weighted by molar-refractivity contribution is 0.532. The number of rotatable bonds is 2. The van der Waals surface area contributed by atoms with Crippen LogP contribution in [-0.2, 0) is 6.42 Å². The van der Waals surface area contributed by atoms with Gasteiger partial charge < -0.3 is 4.90 Å². The highest BCUT2D eigenvalue weighted by atomic mass is 15.2. The highest BCUT2D eigenvalue weighted by molar-refractivity contribution is 5.86. The number of hydrogen-bond acceptors (Lipinski definition) is 1. The van der Waals surface area contributed by atoms with Crippen LogP contribution in [0.25, 0.3) is 11.1 Å². The van der Waals surface area contributed by atoms with Crippen molar-refractivity contribution >= 4 is 5.69 Å². The zero-order chi connectivity index (χ0) is 17.0. The van der Waals surface area contributed by atoms with E-state index in [1.165, 1.54) is 28.8 Å². The van der Waals surface area contributed by atoms with Crippen LogP contribution in [0, 0.1) is 5.92 Å². The maximum absolute atomic E-state index is 2.61. The average molecular weight is 319 g/mol. The predicted octanol–water partition coefficient (Wildman–Crippen LogP) is 5.98. The lowest BCUT2D eigenvalue weighted by Crippen LogP contribution is -2.30. The van der Waals surface area contributed by atoms with Gasteiger partial charge in [-0.3, -0.25) is 0 Å². The van der Waals surface area contributed by atoms with Gasteiger partial charge in [0.2, 0.25) is 0 Å². The third kappa shape index (κ3) is 2.06. The first-order chi connectivity index (χ1) is 11.5. The lowest BCUT2D eigenvalue weighted by atomic mass is 9.88. The second-order valence-corrected chi connectivity index (χ2v) is 7.91. The molecule has 1 nitrogen and oxygen atoms in total. The summed E-state index contributed by atoms with van der Waals surface area (Å²) in [7, 11) is 0. The van der Waals surface area contributed by atoms with Crippen molar-refractivity contribution in [3.05, 3.63) is 53.1 Å². The molecule has 2 aliphatic rings. The largest absolute Gasteiger partial charge is 0.368 e. The molecule has 0 fully saturated rings. The van der Waals surface area contributed by atoms with Gasteiger partial charge in [-0.1, -0.05) is 57.2 Å². The zero-order valence-corrected chi connectivity index (χ0v) is 15.6. The van der Waals surface area contributed by atoms with Crippen molar-refractivity contribution in [2.75, 3.05) is 11.4 Å². The third-order valence-electron chi connectivity index (χ3n) is 6.74. The van der Waals surface area contributed by atoms with Gasteiger partial charge in [0.25, 0.3) is 0 Å². The Labute approximate surface area is 146 Å². The Bertz CT molecular complexity index is 776. The molecule has 4 rings (SSSR count). The molecule has 24 heavy (non-hydrogen) atoms. The Morgan fingerprint density at radius 3 is 2.38 bits per heavy atom. The monoisotopic (exact) mass is 319 g/mol. The van der Waals surface area contributed by atoms with Crippen LogP contribution >= 0.6 is 0 Å². The van der Waals surface area contributed by atoms with Crippen LogP contribution in [-0.4, -0.2) is 12.6 Å². The minimum absolute atomic E-state index is 0.583. The van der Waals surface area contributed by atoms with E-state index in [0.29, 0.717) is 17.9 Å². The quantitative estimate of drug-likeness (QED) is 0.658. The van der Waals surface area contributed by atoms with E-state index in [1.807, 2.05) is 0 Å². The van der Waals surface area contributed by atoms with Crippen molar-refractivity contribution in [3.63, 3.8) is 0 Å². The van der Waals surface area contributed by atoms with Crippen LogP contribution in [0.5, 0.6) is 0 Å². The molecular formula is C23H29N. The SMILES string of the molecule is CCN1c2c(-c3cccc4c3[C@@H](C)[C@@H](C)C4)cccc2[C@H](C)[C@@H]1C. The van der Waals surface area contributed by atoms with Gasteiger partial charge in [-0.15, -0.1) is 0 Å². The summed E-state index contributed by atoms with van der Waals surface area (Å²) in [6.07, 6.45) is 1.23. The minimum atomic E-state index is 0.583. The maximum atomic E-state index is 2.61. The van der Waals surface area contributed by atoms with E-state index < -0.39 is 0 Å². The van der Waals surface area contributed by atoms with Crippen LogP contribution < -0.4 is 4.90 Å². The molecule has 0 N–H and O–H groups in total. The van der Waals surface area contributed by atoms with Gasteiger partial charge in [0.05, 0.1) is 0 Å². The zero-order valence-electron chi connectivity index (χ0n) is 15.6. The van der Waals surface area contributed by atoms with E-state index in [1.54, 1.807) is 11.1 Å². The molecule has 0 saturated heterocycles. The highest BCUT2D eigenvalue weighted by Crippen LogP contribution is 2.50. The molecule has 4 atom stereocenters. The highest BCUT2D eigenvalue weighted by Gasteiger charge is 2.35.